The molecule has 0 unspecified atom stereocenters. The van der Waals surface area contributed by atoms with Gasteiger partial charge in [0.2, 0.25) is 0 Å². The van der Waals surface area contributed by atoms with Gasteiger partial charge in [0, 0.05) is 0 Å². The molecule has 0 aliphatic carbocycles. The molecule has 0 aliphatic rings. The number of rotatable bonds is 0. The first-order valence-corrected chi connectivity index (χ1v) is 5.94. The van der Waals surface area contributed by atoms with E-state index in [1.807, 2.05) is 13.8 Å². The normalized spacial score (nSPS) is 8.76. The number of anilines is 1. The van der Waals surface area contributed by atoms with Gasteiger partial charge < -0.3 is 5.73 Å². The zero-order valence-electron chi connectivity index (χ0n) is 10.2. The highest BCUT2D eigenvalue weighted by atomic mass is 79.9. The lowest BCUT2D eigenvalue weighted by molar-refractivity contribution is 0.452. The summed E-state index contributed by atoms with van der Waals surface area (Å²) in [6.07, 6.45) is 1.25. The van der Waals surface area contributed by atoms with Crippen molar-refractivity contribution in [3.05, 3.63) is 27.7 Å². The smallest absolute Gasteiger partial charge is 0.186 e. The van der Waals surface area contributed by atoms with Crippen LogP contribution in [0.5, 0.6) is 0 Å². The molecule has 0 radical (unpaired) electrons. The van der Waals surface area contributed by atoms with Crippen molar-refractivity contribution in [1.29, 1.82) is 0 Å². The molecule has 100 valence electrons. The third kappa shape index (κ3) is 4.93. The van der Waals surface area contributed by atoms with Crippen molar-refractivity contribution in [2.45, 2.75) is 34.1 Å². The lowest BCUT2D eigenvalue weighted by Gasteiger charge is -2.03. The highest BCUT2D eigenvalue weighted by Crippen LogP contribution is 2.29. The Hall–Kier alpha value is -0.780. The molecule has 1 rings (SSSR count). The molecule has 0 bridgehead atoms. The monoisotopic (exact) mass is 317 g/mol. The van der Waals surface area contributed by atoms with E-state index in [0.717, 1.165) is 0 Å². The van der Waals surface area contributed by atoms with E-state index in [2.05, 4.69) is 29.8 Å². The Balaban J connectivity index is 0. The maximum Gasteiger partial charge on any atom is 0.186 e. The van der Waals surface area contributed by atoms with Crippen molar-refractivity contribution in [3.8, 4) is 0 Å². The van der Waals surface area contributed by atoms with Crippen molar-refractivity contribution in [2.75, 3.05) is 5.73 Å². The van der Waals surface area contributed by atoms with Crippen LogP contribution in [0.4, 0.5) is 23.2 Å². The third-order valence-corrected chi connectivity index (χ3v) is 1.94. The van der Waals surface area contributed by atoms with Gasteiger partial charge >= 0.3 is 0 Å². The Labute approximate surface area is 107 Å². The summed E-state index contributed by atoms with van der Waals surface area (Å²) in [4.78, 5) is 0. The van der Waals surface area contributed by atoms with Crippen LogP contribution in [0.1, 0.15) is 34.1 Å². The van der Waals surface area contributed by atoms with Crippen molar-refractivity contribution in [2.24, 2.45) is 0 Å². The zero-order valence-corrected chi connectivity index (χ0v) is 11.8. The average molecular weight is 318 g/mol. The Morgan fingerprint density at radius 2 is 1.12 bits per heavy atom. The second-order valence-corrected chi connectivity index (χ2v) is 3.48. The van der Waals surface area contributed by atoms with Crippen LogP contribution in [0.25, 0.3) is 0 Å². The fourth-order valence-corrected chi connectivity index (χ4v) is 0.970. The first-order valence-electron chi connectivity index (χ1n) is 5.15. The van der Waals surface area contributed by atoms with E-state index in [1.54, 1.807) is 0 Å². The molecule has 1 nitrogen and oxygen atoms in total. The summed E-state index contributed by atoms with van der Waals surface area (Å²) in [5.41, 5.74) is 3.54. The largest absolute Gasteiger partial charge is 0.394 e. The van der Waals surface area contributed by atoms with E-state index in [4.69, 9.17) is 5.73 Å². The molecule has 0 aromatic heterocycles. The standard InChI is InChI=1S/C6H2BrF4N.C3H8.C2H6/c7-1-2(8)4(10)6(12)5(11)3(1)9;1-3-2;1-2/h12H2;3H2,1-2H3;1-2H3. The molecule has 0 fully saturated rings. The molecule has 0 atom stereocenters. The van der Waals surface area contributed by atoms with Crippen LogP contribution in [0.2, 0.25) is 0 Å². The van der Waals surface area contributed by atoms with Crippen LogP contribution in [0.15, 0.2) is 4.47 Å². The minimum Gasteiger partial charge on any atom is -0.394 e. The summed E-state index contributed by atoms with van der Waals surface area (Å²) in [6, 6.07) is 0. The van der Waals surface area contributed by atoms with E-state index in [9.17, 15) is 17.6 Å². The van der Waals surface area contributed by atoms with Crippen molar-refractivity contribution in [3.63, 3.8) is 0 Å². The lowest BCUT2D eigenvalue weighted by Crippen LogP contribution is -2.03. The number of halogens is 5. The Morgan fingerprint density at radius 3 is 1.35 bits per heavy atom. The van der Waals surface area contributed by atoms with Gasteiger partial charge in [0.25, 0.3) is 0 Å². The quantitative estimate of drug-likeness (QED) is 0.309. The van der Waals surface area contributed by atoms with E-state index >= 15 is 0 Å². The summed E-state index contributed by atoms with van der Waals surface area (Å²) in [6.45, 7) is 8.25. The molecule has 17 heavy (non-hydrogen) atoms. The first kappa shape index (κ1) is 18.6. The fourth-order valence-electron chi connectivity index (χ4n) is 0.622. The highest BCUT2D eigenvalue weighted by molar-refractivity contribution is 9.10. The molecule has 0 aliphatic heterocycles. The second kappa shape index (κ2) is 9.27. The average Bonchev–Trinajstić information content (AvgIpc) is 2.35. The minimum atomic E-state index is -1.60. The van der Waals surface area contributed by atoms with Crippen LogP contribution in [-0.2, 0) is 0 Å². The van der Waals surface area contributed by atoms with Gasteiger partial charge in [0.15, 0.2) is 23.3 Å². The van der Waals surface area contributed by atoms with Crippen LogP contribution in [-0.4, -0.2) is 0 Å². The van der Waals surface area contributed by atoms with E-state index in [-0.39, 0.29) is 0 Å². The topological polar surface area (TPSA) is 26.0 Å². The Kier molecular flexibility index (Phi) is 10.1. The van der Waals surface area contributed by atoms with Gasteiger partial charge in [0.1, 0.15) is 5.69 Å². The predicted molar refractivity (Wildman–Crippen MR) is 65.7 cm³/mol. The number of benzene rings is 1. The number of nitrogens with two attached hydrogens (primary N) is 1. The van der Waals surface area contributed by atoms with Crippen molar-refractivity contribution < 1.29 is 17.6 Å². The van der Waals surface area contributed by atoms with Crippen molar-refractivity contribution in [1.82, 2.24) is 0 Å². The Morgan fingerprint density at radius 1 is 0.882 bits per heavy atom. The van der Waals surface area contributed by atoms with Crippen LogP contribution in [0.3, 0.4) is 0 Å². The predicted octanol–water partition coefficient (Wildman–Crippen LogP) is 5.03. The second-order valence-electron chi connectivity index (χ2n) is 2.69. The summed E-state index contributed by atoms with van der Waals surface area (Å²) in [5, 5.41) is 0. The van der Waals surface area contributed by atoms with Crippen LogP contribution in [0, 0.1) is 23.3 Å². The zero-order chi connectivity index (χ0) is 14.2. The number of hydrogen-bond acceptors (Lipinski definition) is 1. The molecule has 1 aromatic rings. The van der Waals surface area contributed by atoms with Gasteiger partial charge in [-0.25, -0.2) is 17.6 Å². The first-order chi connectivity index (χ1) is 7.88. The molecule has 1 aromatic carbocycles. The molecular weight excluding hydrogens is 302 g/mol. The van der Waals surface area contributed by atoms with Crippen molar-refractivity contribution >= 4 is 21.6 Å². The summed E-state index contributed by atoms with van der Waals surface area (Å²) in [7, 11) is 0. The minimum absolute atomic E-state index is 0.897. The molecule has 0 spiro atoms. The van der Waals surface area contributed by atoms with E-state index in [0.29, 0.717) is 0 Å². The highest BCUT2D eigenvalue weighted by Gasteiger charge is 2.21. The van der Waals surface area contributed by atoms with Gasteiger partial charge in [0.05, 0.1) is 4.47 Å². The van der Waals surface area contributed by atoms with Crippen LogP contribution < -0.4 is 5.73 Å². The van der Waals surface area contributed by atoms with Gasteiger partial charge in [-0.2, -0.15) is 0 Å². The lowest BCUT2D eigenvalue weighted by atomic mass is 10.3. The molecule has 2 N–H and O–H groups in total. The van der Waals surface area contributed by atoms with Gasteiger partial charge in [-0.1, -0.05) is 34.1 Å². The molecular formula is C11H16BrF4N. The number of nitrogen functional groups attached to an aromatic ring is 1. The molecule has 6 heteroatoms. The van der Waals surface area contributed by atoms with Gasteiger partial charge in [-0.3, -0.25) is 0 Å². The fraction of sp³-hybridized carbons (Fsp3) is 0.455. The maximum absolute atomic E-state index is 12.5. The van der Waals surface area contributed by atoms with E-state index < -0.39 is 33.4 Å². The molecule has 0 amide bonds. The van der Waals surface area contributed by atoms with Crippen LogP contribution >= 0.6 is 15.9 Å². The summed E-state index contributed by atoms with van der Waals surface area (Å²) < 4.78 is 49.1. The van der Waals surface area contributed by atoms with E-state index in [1.165, 1.54) is 6.42 Å². The maximum atomic E-state index is 12.5. The summed E-state index contributed by atoms with van der Waals surface area (Å²) >= 11 is 2.33. The Bertz CT molecular complexity index is 251. The van der Waals surface area contributed by atoms with Gasteiger partial charge in [-0.05, 0) is 15.9 Å². The summed E-state index contributed by atoms with van der Waals surface area (Å²) in [5.74, 6) is -6.26. The third-order valence-electron chi connectivity index (χ3n) is 1.24. The molecule has 0 saturated carbocycles. The molecule has 0 saturated heterocycles. The molecule has 0 heterocycles. The van der Waals surface area contributed by atoms with Gasteiger partial charge in [-0.15, -0.1) is 0 Å². The number of hydrogen-bond donors (Lipinski definition) is 1. The SMILES string of the molecule is CC.CCC.Nc1c(F)c(F)c(Br)c(F)c1F.